The Hall–Kier alpha value is -1.45. The molecule has 4 nitrogen and oxygen atoms in total. The summed E-state index contributed by atoms with van der Waals surface area (Å²) in [6.07, 6.45) is 1.40. The van der Waals surface area contributed by atoms with Crippen LogP contribution in [-0.2, 0) is 14.4 Å². The van der Waals surface area contributed by atoms with Gasteiger partial charge >= 0.3 is 5.97 Å². The number of ketones is 2. The normalized spacial score (nSPS) is 11.1. The average molecular weight is 198 g/mol. The average Bonchev–Trinajstić information content (AvgIpc) is 2.16. The van der Waals surface area contributed by atoms with Crippen molar-refractivity contribution in [2.45, 2.75) is 33.1 Å². The Kier molecular flexibility index (Phi) is 5.44. The second kappa shape index (κ2) is 6.07. The SMILES string of the molecule is CCC(=O)/C=C(/CC(=O)CC)C(=O)O. The molecule has 0 atom stereocenters. The molecule has 0 aromatic carbocycles. The summed E-state index contributed by atoms with van der Waals surface area (Å²) in [7, 11) is 0. The van der Waals surface area contributed by atoms with Gasteiger partial charge in [-0.15, -0.1) is 0 Å². The molecule has 0 aliphatic heterocycles. The molecule has 0 amide bonds. The Morgan fingerprint density at radius 1 is 1.14 bits per heavy atom. The van der Waals surface area contributed by atoms with Crippen LogP contribution in [-0.4, -0.2) is 22.6 Å². The van der Waals surface area contributed by atoms with Crippen molar-refractivity contribution >= 4 is 17.5 Å². The first-order valence-electron chi connectivity index (χ1n) is 4.49. The summed E-state index contributed by atoms with van der Waals surface area (Å²) in [6, 6.07) is 0. The predicted octanol–water partition coefficient (Wildman–Crippen LogP) is 1.35. The zero-order chi connectivity index (χ0) is 11.1. The highest BCUT2D eigenvalue weighted by Gasteiger charge is 2.12. The lowest BCUT2D eigenvalue weighted by Crippen LogP contribution is -2.08. The third-order valence-electron chi connectivity index (χ3n) is 1.74. The van der Waals surface area contributed by atoms with Crippen LogP contribution in [0.1, 0.15) is 33.1 Å². The topological polar surface area (TPSA) is 71.4 Å². The van der Waals surface area contributed by atoms with Gasteiger partial charge in [-0.05, 0) is 6.08 Å². The Bertz CT molecular complexity index is 276. The molecule has 78 valence electrons. The minimum Gasteiger partial charge on any atom is -0.478 e. The molecule has 0 aromatic heterocycles. The van der Waals surface area contributed by atoms with Gasteiger partial charge in [-0.1, -0.05) is 13.8 Å². The summed E-state index contributed by atoms with van der Waals surface area (Å²) < 4.78 is 0. The second-order valence-electron chi connectivity index (χ2n) is 2.86. The Morgan fingerprint density at radius 3 is 2.07 bits per heavy atom. The van der Waals surface area contributed by atoms with Crippen LogP contribution in [0.15, 0.2) is 11.6 Å². The van der Waals surface area contributed by atoms with E-state index in [0.717, 1.165) is 6.08 Å². The molecule has 0 saturated carbocycles. The second-order valence-corrected chi connectivity index (χ2v) is 2.86. The maximum Gasteiger partial charge on any atom is 0.332 e. The molecule has 0 spiro atoms. The van der Waals surface area contributed by atoms with Crippen molar-refractivity contribution in [3.05, 3.63) is 11.6 Å². The highest BCUT2D eigenvalue weighted by Crippen LogP contribution is 2.05. The van der Waals surface area contributed by atoms with E-state index < -0.39 is 5.97 Å². The van der Waals surface area contributed by atoms with E-state index in [1.54, 1.807) is 13.8 Å². The lowest BCUT2D eigenvalue weighted by Gasteiger charge is -1.99. The van der Waals surface area contributed by atoms with Crippen LogP contribution < -0.4 is 0 Å². The molecule has 0 radical (unpaired) electrons. The highest BCUT2D eigenvalue weighted by molar-refractivity contribution is 6.02. The fourth-order valence-electron chi connectivity index (χ4n) is 0.822. The van der Waals surface area contributed by atoms with Crippen molar-refractivity contribution in [3.63, 3.8) is 0 Å². The van der Waals surface area contributed by atoms with E-state index >= 15 is 0 Å². The summed E-state index contributed by atoms with van der Waals surface area (Å²) in [5.74, 6) is -1.65. The minimum absolute atomic E-state index is 0.122. The van der Waals surface area contributed by atoms with Gasteiger partial charge in [0.25, 0.3) is 0 Å². The Balaban J connectivity index is 4.60. The zero-order valence-electron chi connectivity index (χ0n) is 8.37. The highest BCUT2D eigenvalue weighted by atomic mass is 16.4. The van der Waals surface area contributed by atoms with Crippen molar-refractivity contribution in [2.75, 3.05) is 0 Å². The summed E-state index contributed by atoms with van der Waals surface area (Å²) in [6.45, 7) is 3.30. The standard InChI is InChI=1S/C10H14O4/c1-3-8(11)5-7(10(13)14)6-9(12)4-2/h5H,3-4,6H2,1-2H3,(H,13,14)/b7-5-. The van der Waals surface area contributed by atoms with Crippen molar-refractivity contribution in [1.82, 2.24) is 0 Å². The number of carboxylic acids is 1. The number of Topliss-reactive ketones (excluding diaryl/α,β-unsaturated/α-hetero) is 1. The van der Waals surface area contributed by atoms with E-state index in [2.05, 4.69) is 0 Å². The van der Waals surface area contributed by atoms with Crippen LogP contribution >= 0.6 is 0 Å². The number of hydrogen-bond acceptors (Lipinski definition) is 3. The lowest BCUT2D eigenvalue weighted by molar-refractivity contribution is -0.134. The lowest BCUT2D eigenvalue weighted by atomic mass is 10.1. The molecule has 0 saturated heterocycles. The number of allylic oxidation sites excluding steroid dienone is 1. The minimum atomic E-state index is -1.20. The molecule has 0 unspecified atom stereocenters. The molecule has 0 rings (SSSR count). The van der Waals surface area contributed by atoms with Crippen LogP contribution in [0.25, 0.3) is 0 Å². The first kappa shape index (κ1) is 12.6. The quantitative estimate of drug-likeness (QED) is 0.654. The molecule has 0 heterocycles. The summed E-state index contributed by atoms with van der Waals surface area (Å²) in [4.78, 5) is 32.6. The van der Waals surface area contributed by atoms with Gasteiger partial charge in [-0.2, -0.15) is 0 Å². The van der Waals surface area contributed by atoms with Crippen molar-refractivity contribution in [1.29, 1.82) is 0 Å². The third kappa shape index (κ3) is 4.54. The van der Waals surface area contributed by atoms with E-state index in [1.807, 2.05) is 0 Å². The van der Waals surface area contributed by atoms with Crippen LogP contribution in [0.4, 0.5) is 0 Å². The molecule has 0 aliphatic rings. The summed E-state index contributed by atoms with van der Waals surface area (Å²) >= 11 is 0. The molecular weight excluding hydrogens is 184 g/mol. The number of carboxylic acid groups (broad SMARTS) is 1. The van der Waals surface area contributed by atoms with Gasteiger partial charge in [0.1, 0.15) is 5.78 Å². The van der Waals surface area contributed by atoms with Crippen LogP contribution in [0, 0.1) is 0 Å². The fourth-order valence-corrected chi connectivity index (χ4v) is 0.822. The Morgan fingerprint density at radius 2 is 1.71 bits per heavy atom. The van der Waals surface area contributed by atoms with Gasteiger partial charge in [0.2, 0.25) is 0 Å². The van der Waals surface area contributed by atoms with Crippen molar-refractivity contribution in [2.24, 2.45) is 0 Å². The molecular formula is C10H14O4. The van der Waals surface area contributed by atoms with Crippen molar-refractivity contribution in [3.8, 4) is 0 Å². The predicted molar refractivity (Wildman–Crippen MR) is 50.9 cm³/mol. The number of carbonyl (C=O) groups is 3. The summed E-state index contributed by atoms with van der Waals surface area (Å²) in [5, 5.41) is 8.69. The molecule has 4 heteroatoms. The van der Waals surface area contributed by atoms with Gasteiger partial charge < -0.3 is 5.11 Å². The van der Waals surface area contributed by atoms with E-state index in [4.69, 9.17) is 5.11 Å². The largest absolute Gasteiger partial charge is 0.478 e. The first-order chi connectivity index (χ1) is 6.51. The molecule has 0 aliphatic carbocycles. The first-order valence-corrected chi connectivity index (χ1v) is 4.49. The fraction of sp³-hybridized carbons (Fsp3) is 0.500. The van der Waals surface area contributed by atoms with E-state index in [-0.39, 0.29) is 36.4 Å². The zero-order valence-corrected chi connectivity index (χ0v) is 8.37. The van der Waals surface area contributed by atoms with Gasteiger partial charge in [-0.3, -0.25) is 9.59 Å². The van der Waals surface area contributed by atoms with Gasteiger partial charge in [0.05, 0.1) is 0 Å². The molecule has 0 aromatic rings. The number of aliphatic carboxylic acids is 1. The molecule has 0 fully saturated rings. The van der Waals surface area contributed by atoms with Crippen LogP contribution in [0.3, 0.4) is 0 Å². The smallest absolute Gasteiger partial charge is 0.332 e. The molecule has 1 N–H and O–H groups in total. The van der Waals surface area contributed by atoms with Crippen LogP contribution in [0.2, 0.25) is 0 Å². The maximum atomic E-state index is 11.0. The Labute approximate surface area is 82.6 Å². The molecule has 14 heavy (non-hydrogen) atoms. The number of carbonyl (C=O) groups excluding carboxylic acids is 2. The van der Waals surface area contributed by atoms with Gasteiger partial charge in [0, 0.05) is 24.8 Å². The molecule has 0 bridgehead atoms. The van der Waals surface area contributed by atoms with Gasteiger partial charge in [-0.25, -0.2) is 4.79 Å². The third-order valence-corrected chi connectivity index (χ3v) is 1.74. The summed E-state index contributed by atoms with van der Waals surface area (Å²) in [5.41, 5.74) is -0.122. The monoisotopic (exact) mass is 198 g/mol. The van der Waals surface area contributed by atoms with Crippen molar-refractivity contribution < 1.29 is 19.5 Å². The van der Waals surface area contributed by atoms with Crippen LogP contribution in [0.5, 0.6) is 0 Å². The maximum absolute atomic E-state index is 11.0. The van der Waals surface area contributed by atoms with E-state index in [1.165, 1.54) is 0 Å². The number of hydrogen-bond donors (Lipinski definition) is 1. The van der Waals surface area contributed by atoms with E-state index in [0.29, 0.717) is 0 Å². The van der Waals surface area contributed by atoms with Gasteiger partial charge in [0.15, 0.2) is 5.78 Å². The number of rotatable bonds is 6. The van der Waals surface area contributed by atoms with E-state index in [9.17, 15) is 14.4 Å².